The summed E-state index contributed by atoms with van der Waals surface area (Å²) in [6.45, 7) is 2.34. The molecule has 2 fully saturated rings. The Kier molecular flexibility index (Phi) is 3.29. The van der Waals surface area contributed by atoms with Crippen molar-refractivity contribution in [2.24, 2.45) is 5.92 Å². The zero-order valence-corrected chi connectivity index (χ0v) is 10.8. The maximum absolute atomic E-state index is 12.1. The van der Waals surface area contributed by atoms with Gasteiger partial charge in [-0.05, 0) is 43.0 Å². The molecule has 19 heavy (non-hydrogen) atoms. The molecular formula is C14H19N3O2. The molecule has 3 N–H and O–H groups in total. The molecule has 0 aromatic heterocycles. The molecule has 2 amide bonds. The number of nitrogens with two attached hydrogens (primary N) is 1. The first-order valence-electron chi connectivity index (χ1n) is 6.75. The van der Waals surface area contributed by atoms with Gasteiger partial charge in [-0.1, -0.05) is 0 Å². The van der Waals surface area contributed by atoms with Crippen LogP contribution in [0.1, 0.15) is 12.8 Å². The molecule has 5 nitrogen and oxygen atoms in total. The van der Waals surface area contributed by atoms with Gasteiger partial charge in [0.1, 0.15) is 0 Å². The van der Waals surface area contributed by atoms with Crippen molar-refractivity contribution in [2.45, 2.75) is 18.9 Å². The third-order valence-electron chi connectivity index (χ3n) is 3.97. The first-order chi connectivity index (χ1) is 9.24. The van der Waals surface area contributed by atoms with Crippen LogP contribution in [0.5, 0.6) is 0 Å². The Balaban J connectivity index is 1.70. The van der Waals surface area contributed by atoms with Crippen LogP contribution in [0.2, 0.25) is 0 Å². The second-order valence-electron chi connectivity index (χ2n) is 5.21. The first kappa shape index (κ1) is 12.3. The number of hydrogen-bond donors (Lipinski definition) is 2. The van der Waals surface area contributed by atoms with Crippen LogP contribution in [0.3, 0.4) is 0 Å². The van der Waals surface area contributed by atoms with Gasteiger partial charge in [-0.2, -0.15) is 0 Å². The SMILES string of the molecule is Nc1ccc(N2CC(C3CCOCC3)NC2=O)cc1. The van der Waals surface area contributed by atoms with Crippen molar-refractivity contribution in [3.63, 3.8) is 0 Å². The normalized spacial score (nSPS) is 24.5. The summed E-state index contributed by atoms with van der Waals surface area (Å²) in [6.07, 6.45) is 2.06. The van der Waals surface area contributed by atoms with Crippen LogP contribution in [-0.4, -0.2) is 31.8 Å². The number of nitrogens with one attached hydrogen (secondary N) is 1. The molecule has 1 unspecified atom stereocenters. The predicted octanol–water partition coefficient (Wildman–Crippen LogP) is 1.59. The average Bonchev–Trinajstić information content (AvgIpc) is 2.83. The molecule has 0 bridgehead atoms. The Morgan fingerprint density at radius 1 is 1.21 bits per heavy atom. The van der Waals surface area contributed by atoms with Gasteiger partial charge in [-0.25, -0.2) is 4.79 Å². The summed E-state index contributed by atoms with van der Waals surface area (Å²) in [7, 11) is 0. The molecule has 0 aliphatic carbocycles. The van der Waals surface area contributed by atoms with Crippen molar-refractivity contribution >= 4 is 17.4 Å². The topological polar surface area (TPSA) is 67.6 Å². The highest BCUT2D eigenvalue weighted by Gasteiger charge is 2.35. The van der Waals surface area contributed by atoms with Crippen molar-refractivity contribution in [3.05, 3.63) is 24.3 Å². The molecule has 0 spiro atoms. The number of ether oxygens (including phenoxy) is 1. The smallest absolute Gasteiger partial charge is 0.322 e. The van der Waals surface area contributed by atoms with E-state index < -0.39 is 0 Å². The molecule has 5 heteroatoms. The number of carbonyl (C=O) groups excluding carboxylic acids is 1. The molecule has 1 aromatic rings. The Morgan fingerprint density at radius 3 is 2.58 bits per heavy atom. The number of hydrogen-bond acceptors (Lipinski definition) is 3. The van der Waals surface area contributed by atoms with Crippen molar-refractivity contribution in [1.29, 1.82) is 0 Å². The van der Waals surface area contributed by atoms with Crippen LogP contribution in [0.4, 0.5) is 16.2 Å². The van der Waals surface area contributed by atoms with Crippen molar-refractivity contribution in [2.75, 3.05) is 30.4 Å². The largest absolute Gasteiger partial charge is 0.399 e. The lowest BCUT2D eigenvalue weighted by molar-refractivity contribution is 0.0580. The number of amides is 2. The molecule has 1 atom stereocenters. The fourth-order valence-electron chi connectivity index (χ4n) is 2.82. The van der Waals surface area contributed by atoms with Crippen molar-refractivity contribution in [1.82, 2.24) is 5.32 Å². The van der Waals surface area contributed by atoms with Gasteiger partial charge >= 0.3 is 6.03 Å². The van der Waals surface area contributed by atoms with Gasteiger partial charge in [0.15, 0.2) is 0 Å². The fraction of sp³-hybridized carbons (Fsp3) is 0.500. The average molecular weight is 261 g/mol. The Morgan fingerprint density at radius 2 is 1.89 bits per heavy atom. The molecule has 2 aliphatic heterocycles. The van der Waals surface area contributed by atoms with E-state index in [9.17, 15) is 4.79 Å². The summed E-state index contributed by atoms with van der Waals surface area (Å²) in [5.74, 6) is 0.525. The lowest BCUT2D eigenvalue weighted by atomic mass is 9.92. The summed E-state index contributed by atoms with van der Waals surface area (Å²) in [6, 6.07) is 7.65. The molecular weight excluding hydrogens is 242 g/mol. The van der Waals surface area contributed by atoms with E-state index in [1.54, 1.807) is 4.90 Å². The van der Waals surface area contributed by atoms with Crippen LogP contribution in [0.25, 0.3) is 0 Å². The zero-order valence-electron chi connectivity index (χ0n) is 10.8. The van der Waals surface area contributed by atoms with Gasteiger partial charge in [-0.15, -0.1) is 0 Å². The number of rotatable bonds is 2. The van der Waals surface area contributed by atoms with Gasteiger partial charge in [0.05, 0.1) is 6.04 Å². The summed E-state index contributed by atoms with van der Waals surface area (Å²) in [5.41, 5.74) is 7.29. The number of carbonyl (C=O) groups is 1. The van der Waals surface area contributed by atoms with E-state index in [1.807, 2.05) is 24.3 Å². The minimum Gasteiger partial charge on any atom is -0.399 e. The molecule has 1 aromatic carbocycles. The maximum atomic E-state index is 12.1. The molecule has 0 radical (unpaired) electrons. The highest BCUT2D eigenvalue weighted by Crippen LogP contribution is 2.26. The molecule has 2 saturated heterocycles. The molecule has 0 saturated carbocycles. The van der Waals surface area contributed by atoms with Gasteiger partial charge < -0.3 is 15.8 Å². The summed E-state index contributed by atoms with van der Waals surface area (Å²) < 4.78 is 5.37. The monoisotopic (exact) mass is 261 g/mol. The zero-order chi connectivity index (χ0) is 13.2. The van der Waals surface area contributed by atoms with Crippen LogP contribution in [-0.2, 0) is 4.74 Å². The molecule has 3 rings (SSSR count). The lowest BCUT2D eigenvalue weighted by Gasteiger charge is -2.26. The van der Waals surface area contributed by atoms with Crippen LogP contribution >= 0.6 is 0 Å². The van der Waals surface area contributed by atoms with Crippen LogP contribution < -0.4 is 16.0 Å². The second kappa shape index (κ2) is 5.09. The minimum atomic E-state index is -0.0127. The Hall–Kier alpha value is -1.75. The summed E-state index contributed by atoms with van der Waals surface area (Å²) >= 11 is 0. The number of nitrogens with zero attached hydrogens (tertiary/aromatic N) is 1. The number of nitrogen functional groups attached to an aromatic ring is 1. The van der Waals surface area contributed by atoms with Gasteiger partial charge in [-0.3, -0.25) is 4.90 Å². The third kappa shape index (κ3) is 2.51. The lowest BCUT2D eigenvalue weighted by Crippen LogP contribution is -2.37. The number of urea groups is 1. The van der Waals surface area contributed by atoms with E-state index in [-0.39, 0.29) is 12.1 Å². The van der Waals surface area contributed by atoms with Crippen LogP contribution in [0.15, 0.2) is 24.3 Å². The van der Waals surface area contributed by atoms with Gasteiger partial charge in [0, 0.05) is 31.1 Å². The van der Waals surface area contributed by atoms with Gasteiger partial charge in [0.2, 0.25) is 0 Å². The first-order valence-corrected chi connectivity index (χ1v) is 6.75. The summed E-state index contributed by atoms with van der Waals surface area (Å²) in [4.78, 5) is 13.9. The third-order valence-corrected chi connectivity index (χ3v) is 3.97. The van der Waals surface area contributed by atoms with E-state index >= 15 is 0 Å². The number of benzene rings is 1. The quantitative estimate of drug-likeness (QED) is 0.794. The van der Waals surface area contributed by atoms with Crippen molar-refractivity contribution < 1.29 is 9.53 Å². The Labute approximate surface area is 112 Å². The maximum Gasteiger partial charge on any atom is 0.322 e. The molecule has 2 aliphatic rings. The standard InChI is InChI=1S/C14H19N3O2/c15-11-1-3-12(4-2-11)17-9-13(16-14(17)18)10-5-7-19-8-6-10/h1-4,10,13H,5-9,15H2,(H,16,18). The number of anilines is 2. The predicted molar refractivity (Wildman–Crippen MR) is 74.1 cm³/mol. The second-order valence-corrected chi connectivity index (χ2v) is 5.21. The van der Waals surface area contributed by atoms with Gasteiger partial charge in [0.25, 0.3) is 0 Å². The fourth-order valence-corrected chi connectivity index (χ4v) is 2.82. The minimum absolute atomic E-state index is 0.0127. The van der Waals surface area contributed by atoms with E-state index in [0.29, 0.717) is 11.6 Å². The summed E-state index contributed by atoms with van der Waals surface area (Å²) in [5, 5.41) is 3.09. The van der Waals surface area contributed by atoms with Crippen LogP contribution in [0, 0.1) is 5.92 Å². The molecule has 2 heterocycles. The van der Waals surface area contributed by atoms with E-state index in [4.69, 9.17) is 10.5 Å². The highest BCUT2D eigenvalue weighted by molar-refractivity contribution is 5.94. The van der Waals surface area contributed by atoms with E-state index in [0.717, 1.165) is 38.3 Å². The van der Waals surface area contributed by atoms with E-state index in [2.05, 4.69) is 5.32 Å². The molecule has 102 valence electrons. The van der Waals surface area contributed by atoms with Crippen molar-refractivity contribution in [3.8, 4) is 0 Å². The highest BCUT2D eigenvalue weighted by atomic mass is 16.5. The van der Waals surface area contributed by atoms with E-state index in [1.165, 1.54) is 0 Å². The Bertz CT molecular complexity index is 454.